The van der Waals surface area contributed by atoms with Crippen LogP contribution in [0, 0.1) is 0 Å². The van der Waals surface area contributed by atoms with Crippen LogP contribution >= 0.6 is 23.2 Å². The topological polar surface area (TPSA) is 99.7 Å². The molecule has 0 aliphatic carbocycles. The summed E-state index contributed by atoms with van der Waals surface area (Å²) < 4.78 is 11.9. The van der Waals surface area contributed by atoms with Crippen LogP contribution in [0.3, 0.4) is 0 Å². The van der Waals surface area contributed by atoms with Crippen LogP contribution in [-0.4, -0.2) is 92.3 Å². The number of nitrogens with zero attached hydrogens (tertiary/aromatic N) is 4. The smallest absolute Gasteiger partial charge is 0.265 e. The lowest BCUT2D eigenvalue weighted by Gasteiger charge is -2.34. The van der Waals surface area contributed by atoms with Crippen molar-refractivity contribution in [3.8, 4) is 44.9 Å². The van der Waals surface area contributed by atoms with Gasteiger partial charge >= 0.3 is 0 Å². The molecule has 0 saturated carbocycles. The molecule has 0 aromatic heterocycles. The van der Waals surface area contributed by atoms with Crippen molar-refractivity contribution < 1.29 is 28.7 Å². The minimum absolute atomic E-state index is 0.0204. The quantitative estimate of drug-likeness (QED) is 0.144. The lowest BCUT2D eigenvalue weighted by molar-refractivity contribution is -0.130. The van der Waals surface area contributed by atoms with Gasteiger partial charge in [0.2, 0.25) is 11.8 Å². The molecule has 2 atom stereocenters. The molecule has 0 bridgehead atoms. The number of likely N-dealkylation sites (N-methyl/N-ethyl adjacent to an activating group) is 1. The molecule has 4 aromatic rings. The van der Waals surface area contributed by atoms with Crippen molar-refractivity contribution in [1.82, 2.24) is 9.80 Å². The van der Waals surface area contributed by atoms with E-state index >= 15 is 0 Å². The van der Waals surface area contributed by atoms with Crippen LogP contribution in [-0.2, 0) is 19.2 Å². The number of ether oxygens (including phenoxy) is 2. The van der Waals surface area contributed by atoms with Gasteiger partial charge < -0.3 is 29.1 Å². The van der Waals surface area contributed by atoms with E-state index in [1.807, 2.05) is 89.6 Å². The minimum Gasteiger partial charge on any atom is -0.484 e. The zero-order valence-electron chi connectivity index (χ0n) is 31.2. The van der Waals surface area contributed by atoms with Crippen LogP contribution in [0.15, 0.2) is 72.8 Å². The molecule has 7 rings (SSSR count). The summed E-state index contributed by atoms with van der Waals surface area (Å²) in [6.45, 7) is 5.51. The highest BCUT2D eigenvalue weighted by Crippen LogP contribution is 2.45. The van der Waals surface area contributed by atoms with E-state index in [0.717, 1.165) is 77.6 Å². The fourth-order valence-corrected chi connectivity index (χ4v) is 8.91. The summed E-state index contributed by atoms with van der Waals surface area (Å²) in [7, 11) is 1.96. The summed E-state index contributed by atoms with van der Waals surface area (Å²) in [4.78, 5) is 56.4. The molecule has 10 nitrogen and oxygen atoms in total. The molecule has 55 heavy (non-hydrogen) atoms. The maximum atomic E-state index is 13.0. The second-order valence-corrected chi connectivity index (χ2v) is 15.1. The zero-order valence-corrected chi connectivity index (χ0v) is 32.7. The monoisotopic (exact) mass is 782 g/mol. The number of likely N-dealkylation sites (tertiary alicyclic amines) is 2. The van der Waals surface area contributed by atoms with Gasteiger partial charge in [0.05, 0.1) is 21.4 Å². The Bertz CT molecular complexity index is 2140. The van der Waals surface area contributed by atoms with Gasteiger partial charge in [-0.05, 0) is 61.1 Å². The number of carbonyl (C=O) groups is 4. The fraction of sp³-hybridized carbons (Fsp3) is 0.349. The first kappa shape index (κ1) is 38.2. The maximum absolute atomic E-state index is 13.0. The lowest BCUT2D eigenvalue weighted by Crippen LogP contribution is -2.47. The van der Waals surface area contributed by atoms with Gasteiger partial charge in [0.15, 0.2) is 12.9 Å². The third-order valence-electron chi connectivity index (χ3n) is 10.9. The van der Waals surface area contributed by atoms with Gasteiger partial charge in [-0.2, -0.15) is 0 Å². The Morgan fingerprint density at radius 2 is 1.42 bits per heavy atom. The second kappa shape index (κ2) is 16.4. The van der Waals surface area contributed by atoms with Gasteiger partial charge in [-0.3, -0.25) is 19.2 Å². The fourth-order valence-electron chi connectivity index (χ4n) is 8.24. The largest absolute Gasteiger partial charge is 0.484 e. The van der Waals surface area contributed by atoms with Crippen LogP contribution < -0.4 is 19.3 Å². The summed E-state index contributed by atoms with van der Waals surface area (Å²) >= 11 is 14.4. The Morgan fingerprint density at radius 3 is 2.05 bits per heavy atom. The van der Waals surface area contributed by atoms with Gasteiger partial charge in [-0.1, -0.05) is 71.7 Å². The Hall–Kier alpha value is -5.06. The van der Waals surface area contributed by atoms with E-state index in [1.165, 1.54) is 0 Å². The molecule has 286 valence electrons. The van der Waals surface area contributed by atoms with Crippen molar-refractivity contribution in [3.63, 3.8) is 0 Å². The number of hydrogen-bond donors (Lipinski definition) is 0. The predicted octanol–water partition coefficient (Wildman–Crippen LogP) is 7.76. The highest BCUT2D eigenvalue weighted by Gasteiger charge is 2.34. The number of aldehydes is 1. The van der Waals surface area contributed by atoms with Crippen LogP contribution in [0.1, 0.15) is 39.5 Å². The number of amides is 3. The average Bonchev–Trinajstić information content (AvgIpc) is 3.85. The van der Waals surface area contributed by atoms with E-state index < -0.39 is 0 Å². The second-order valence-electron chi connectivity index (χ2n) is 14.4. The van der Waals surface area contributed by atoms with E-state index in [-0.39, 0.29) is 43.0 Å². The van der Waals surface area contributed by atoms with Gasteiger partial charge in [0, 0.05) is 81.4 Å². The van der Waals surface area contributed by atoms with Gasteiger partial charge in [-0.25, -0.2) is 0 Å². The van der Waals surface area contributed by atoms with Crippen molar-refractivity contribution in [2.24, 2.45) is 0 Å². The molecule has 3 heterocycles. The highest BCUT2D eigenvalue weighted by molar-refractivity contribution is 6.39. The Morgan fingerprint density at radius 1 is 0.836 bits per heavy atom. The average molecular weight is 784 g/mol. The van der Waals surface area contributed by atoms with E-state index in [2.05, 4.69) is 4.90 Å². The van der Waals surface area contributed by atoms with Crippen molar-refractivity contribution in [2.45, 2.75) is 51.6 Å². The minimum atomic E-state index is -0.139. The van der Waals surface area contributed by atoms with E-state index in [0.29, 0.717) is 46.9 Å². The molecule has 0 spiro atoms. The van der Waals surface area contributed by atoms with Crippen molar-refractivity contribution in [1.29, 1.82) is 0 Å². The number of anilines is 2. The van der Waals surface area contributed by atoms with Gasteiger partial charge in [0.25, 0.3) is 5.91 Å². The molecule has 3 amide bonds. The predicted molar refractivity (Wildman–Crippen MR) is 216 cm³/mol. The number of fused-ring (bicyclic) bond motifs is 1. The number of rotatable bonds is 11. The number of carbonyl (C=O) groups excluding carboxylic acids is 4. The molecular formula is C43H44Cl2N4O6. The molecule has 2 saturated heterocycles. The lowest BCUT2D eigenvalue weighted by atomic mass is 9.95. The molecule has 4 aromatic carbocycles. The summed E-state index contributed by atoms with van der Waals surface area (Å²) in [6.07, 6.45) is 4.39. The van der Waals surface area contributed by atoms with Crippen LogP contribution in [0.5, 0.6) is 11.5 Å². The van der Waals surface area contributed by atoms with Crippen molar-refractivity contribution in [3.05, 3.63) is 82.8 Å². The van der Waals surface area contributed by atoms with Crippen LogP contribution in [0.4, 0.5) is 11.4 Å². The third kappa shape index (κ3) is 7.75. The number of halogens is 2. The standard InChI is InChI=1S/C43H44Cl2N4O6/c1-27(51)47-18-6-8-31(47)24-46(3)37-16-14-29(22-39(37)54-21-20-50)33-10-4-12-35(42(33)44)36-13-5-11-34(43(36)45)30-15-17-38-40(23-30)55-26-41(53)49(38)25-32-9-7-19-48(32)28(2)52/h4-5,10-17,20,22-23,31-32H,6-9,18-19,21,24-26H2,1-3H3. The van der Waals surface area contributed by atoms with E-state index in [4.69, 9.17) is 32.7 Å². The molecule has 2 fully saturated rings. The molecule has 3 aliphatic rings. The first-order valence-electron chi connectivity index (χ1n) is 18.7. The Labute approximate surface area is 331 Å². The highest BCUT2D eigenvalue weighted by atomic mass is 35.5. The first-order valence-corrected chi connectivity index (χ1v) is 19.4. The van der Waals surface area contributed by atoms with Crippen molar-refractivity contribution in [2.75, 3.05) is 56.2 Å². The van der Waals surface area contributed by atoms with Crippen molar-refractivity contribution >= 4 is 58.6 Å². The molecule has 2 unspecified atom stereocenters. The summed E-state index contributed by atoms with van der Waals surface area (Å²) in [5.41, 5.74) is 6.12. The van der Waals surface area contributed by atoms with Crippen LogP contribution in [0.25, 0.3) is 33.4 Å². The van der Waals surface area contributed by atoms with Crippen LogP contribution in [0.2, 0.25) is 10.0 Å². The van der Waals surface area contributed by atoms with E-state index in [1.54, 1.807) is 18.7 Å². The number of hydrogen-bond acceptors (Lipinski definition) is 7. The third-order valence-corrected chi connectivity index (χ3v) is 11.7. The molecule has 3 aliphatic heterocycles. The van der Waals surface area contributed by atoms with Gasteiger partial charge in [0.1, 0.15) is 18.1 Å². The number of benzene rings is 4. The Balaban J connectivity index is 1.17. The van der Waals surface area contributed by atoms with Gasteiger partial charge in [-0.15, -0.1) is 0 Å². The maximum Gasteiger partial charge on any atom is 0.265 e. The van der Waals surface area contributed by atoms with E-state index in [9.17, 15) is 19.2 Å². The summed E-state index contributed by atoms with van der Waals surface area (Å²) in [5, 5.41) is 1.01. The summed E-state index contributed by atoms with van der Waals surface area (Å²) in [5.74, 6) is 1.07. The molecule has 0 N–H and O–H groups in total. The normalized spacial score (nSPS) is 17.9. The SMILES string of the molecule is CC(=O)N1CCCC1CN(C)c1ccc(-c2cccc(-c3cccc(-c4ccc5c(c4)OCC(=O)N5CC4CCCN4C(C)=O)c3Cl)c2Cl)cc1OCC=O. The molecule has 12 heteroatoms. The molecular weight excluding hydrogens is 739 g/mol. The summed E-state index contributed by atoms with van der Waals surface area (Å²) in [6, 6.07) is 23.2. The molecule has 0 radical (unpaired) electrons. The Kier molecular flexibility index (Phi) is 11.4. The zero-order chi connectivity index (χ0) is 38.8. The first-order chi connectivity index (χ1) is 26.5.